The Hall–Kier alpha value is -2.43. The molecule has 0 bridgehead atoms. The zero-order valence-electron chi connectivity index (χ0n) is 19.1. The molecule has 1 aromatic heterocycles. The summed E-state index contributed by atoms with van der Waals surface area (Å²) in [4.78, 5) is 29.5. The van der Waals surface area contributed by atoms with Crippen LogP contribution in [0.25, 0.3) is 11.3 Å². The van der Waals surface area contributed by atoms with Crippen LogP contribution in [0.3, 0.4) is 0 Å². The molecule has 0 aliphatic heterocycles. The minimum absolute atomic E-state index is 0.159. The number of nitrogens with one attached hydrogen (secondary N) is 2. The van der Waals surface area contributed by atoms with E-state index in [1.54, 1.807) is 18.7 Å². The molecule has 33 heavy (non-hydrogen) atoms. The predicted molar refractivity (Wildman–Crippen MR) is 137 cm³/mol. The molecule has 180 valence electrons. The molecule has 0 spiro atoms. The first-order valence-corrected chi connectivity index (χ1v) is 12.6. The lowest BCUT2D eigenvalue weighted by Gasteiger charge is -2.21. The van der Waals surface area contributed by atoms with Gasteiger partial charge in [0.15, 0.2) is 6.10 Å². The van der Waals surface area contributed by atoms with Crippen LogP contribution in [0, 0.1) is 0 Å². The van der Waals surface area contributed by atoms with Crippen molar-refractivity contribution in [2.24, 2.45) is 5.73 Å². The van der Waals surface area contributed by atoms with Crippen LogP contribution in [0.5, 0.6) is 5.88 Å². The number of benzene rings is 1. The molecule has 10 heteroatoms. The van der Waals surface area contributed by atoms with Crippen LogP contribution < -0.4 is 21.1 Å². The summed E-state index contributed by atoms with van der Waals surface area (Å²) in [7, 11) is 1.30. The van der Waals surface area contributed by atoms with Crippen molar-refractivity contribution in [1.29, 1.82) is 0 Å². The van der Waals surface area contributed by atoms with Gasteiger partial charge < -0.3 is 25.8 Å². The lowest BCUT2D eigenvalue weighted by atomic mass is 10.1. The second-order valence-electron chi connectivity index (χ2n) is 7.36. The molecule has 2 rings (SSSR count). The van der Waals surface area contributed by atoms with Gasteiger partial charge in [-0.3, -0.25) is 4.79 Å². The van der Waals surface area contributed by atoms with Crippen LogP contribution >= 0.6 is 24.4 Å². The minimum atomic E-state index is -0.899. The van der Waals surface area contributed by atoms with Crippen molar-refractivity contribution >= 4 is 42.0 Å². The van der Waals surface area contributed by atoms with Crippen molar-refractivity contribution in [3.05, 3.63) is 42.5 Å². The molecule has 0 aliphatic rings. The number of anilines is 1. The lowest BCUT2D eigenvalue weighted by molar-refractivity contribution is -0.146. The minimum Gasteiger partial charge on any atom is -0.467 e. The van der Waals surface area contributed by atoms with Crippen LogP contribution in [-0.4, -0.2) is 66.5 Å². The summed E-state index contributed by atoms with van der Waals surface area (Å²) in [6.45, 7) is 2.07. The number of nitrogens with zero attached hydrogens (tertiary/aromatic N) is 1. The van der Waals surface area contributed by atoms with Crippen molar-refractivity contribution in [1.82, 2.24) is 10.3 Å². The molecule has 8 nitrogen and oxygen atoms in total. The number of amides is 1. The van der Waals surface area contributed by atoms with Crippen molar-refractivity contribution in [2.45, 2.75) is 31.5 Å². The Morgan fingerprint density at radius 1 is 1.21 bits per heavy atom. The van der Waals surface area contributed by atoms with E-state index in [4.69, 9.17) is 15.2 Å². The quantitative estimate of drug-likeness (QED) is 0.249. The average Bonchev–Trinajstić information content (AvgIpc) is 2.85. The Bertz CT molecular complexity index is 901. The number of esters is 1. The van der Waals surface area contributed by atoms with Crippen molar-refractivity contribution in [3.63, 3.8) is 0 Å². The maximum Gasteiger partial charge on any atom is 0.328 e. The first kappa shape index (κ1) is 26.8. The molecule has 0 saturated heterocycles. The summed E-state index contributed by atoms with van der Waals surface area (Å²) >= 11 is 5.79. The molecule has 1 unspecified atom stereocenters. The van der Waals surface area contributed by atoms with Gasteiger partial charge in [0.25, 0.3) is 5.91 Å². The van der Waals surface area contributed by atoms with Crippen LogP contribution in [0.2, 0.25) is 0 Å². The number of thiol groups is 1. The Kier molecular flexibility index (Phi) is 11.4. The summed E-state index contributed by atoms with van der Waals surface area (Å²) in [6.07, 6.45) is 1.49. The van der Waals surface area contributed by atoms with Crippen molar-refractivity contribution in [3.8, 4) is 17.1 Å². The molecule has 4 N–H and O–H groups in total. The molecule has 0 fully saturated rings. The third-order valence-electron chi connectivity index (χ3n) is 4.79. The molecule has 1 heterocycles. The van der Waals surface area contributed by atoms with Crippen LogP contribution in [0.4, 0.5) is 5.69 Å². The molecule has 1 amide bonds. The standard InChI is InChI=1S/C23H32N4O4S2/c1-15(21(28)26-20(11-12-33-3)23(29)30-2)31-22-19(25-13-17(24)14-32)10-9-18(27-22)16-7-5-4-6-8-16/h4-10,15,17,20,25,32H,11-14,24H2,1-3H3,(H,26,28)/t15-,17?,20+/m1/s1. The van der Waals surface area contributed by atoms with E-state index in [1.807, 2.05) is 48.7 Å². The van der Waals surface area contributed by atoms with Gasteiger partial charge in [-0.1, -0.05) is 30.3 Å². The number of rotatable bonds is 13. The van der Waals surface area contributed by atoms with E-state index in [9.17, 15) is 9.59 Å². The van der Waals surface area contributed by atoms with Gasteiger partial charge >= 0.3 is 5.97 Å². The van der Waals surface area contributed by atoms with Crippen LogP contribution in [0.1, 0.15) is 13.3 Å². The number of hydrogen-bond donors (Lipinski definition) is 4. The molecule has 0 aliphatic carbocycles. The van der Waals surface area contributed by atoms with Gasteiger partial charge in [0, 0.05) is 23.9 Å². The Morgan fingerprint density at radius 3 is 2.58 bits per heavy atom. The number of nitrogens with two attached hydrogens (primary N) is 1. The second kappa shape index (κ2) is 14.0. The highest BCUT2D eigenvalue weighted by atomic mass is 32.2. The largest absolute Gasteiger partial charge is 0.467 e. The van der Waals surface area contributed by atoms with Gasteiger partial charge in [0.05, 0.1) is 18.5 Å². The van der Waals surface area contributed by atoms with E-state index in [0.29, 0.717) is 35.9 Å². The first-order valence-electron chi connectivity index (χ1n) is 10.6. The van der Waals surface area contributed by atoms with E-state index in [1.165, 1.54) is 7.11 Å². The predicted octanol–water partition coefficient (Wildman–Crippen LogP) is 2.60. The fraction of sp³-hybridized carbons (Fsp3) is 0.435. The topological polar surface area (TPSA) is 116 Å². The number of pyridine rings is 1. The van der Waals surface area contributed by atoms with Gasteiger partial charge in [-0.15, -0.1) is 0 Å². The van der Waals surface area contributed by atoms with Crippen LogP contribution in [0.15, 0.2) is 42.5 Å². The zero-order chi connectivity index (χ0) is 24.2. The highest BCUT2D eigenvalue weighted by molar-refractivity contribution is 7.98. The molecule has 3 atom stereocenters. The fourth-order valence-electron chi connectivity index (χ4n) is 2.88. The maximum absolute atomic E-state index is 12.8. The SMILES string of the molecule is COC(=O)[C@H](CCSC)NC(=O)[C@@H](C)Oc1nc(-c2ccccc2)ccc1NCC(N)CS. The molecule has 0 saturated carbocycles. The lowest BCUT2D eigenvalue weighted by Crippen LogP contribution is -2.47. The summed E-state index contributed by atoms with van der Waals surface area (Å²) in [6, 6.07) is 12.5. The highest BCUT2D eigenvalue weighted by Gasteiger charge is 2.25. The fourth-order valence-corrected chi connectivity index (χ4v) is 3.48. The summed E-state index contributed by atoms with van der Waals surface area (Å²) in [5, 5.41) is 5.93. The number of ether oxygens (including phenoxy) is 2. The smallest absolute Gasteiger partial charge is 0.328 e. The number of aromatic nitrogens is 1. The van der Waals surface area contributed by atoms with E-state index in [2.05, 4.69) is 28.2 Å². The second-order valence-corrected chi connectivity index (χ2v) is 8.72. The number of carbonyl (C=O) groups excluding carboxylic acids is 2. The third-order valence-corrected chi connectivity index (χ3v) is 5.90. The summed E-state index contributed by atoms with van der Waals surface area (Å²) in [5.41, 5.74) is 8.20. The van der Waals surface area contributed by atoms with Crippen LogP contribution in [-0.2, 0) is 14.3 Å². The maximum atomic E-state index is 12.8. The van der Waals surface area contributed by atoms with E-state index in [0.717, 1.165) is 5.56 Å². The highest BCUT2D eigenvalue weighted by Crippen LogP contribution is 2.28. The average molecular weight is 493 g/mol. The van der Waals surface area contributed by atoms with E-state index < -0.39 is 24.0 Å². The van der Waals surface area contributed by atoms with E-state index in [-0.39, 0.29) is 11.9 Å². The normalized spacial score (nSPS) is 13.5. The number of carbonyl (C=O) groups is 2. The van der Waals surface area contributed by atoms with Gasteiger partial charge in [-0.2, -0.15) is 24.4 Å². The van der Waals surface area contributed by atoms with Crippen molar-refractivity contribution in [2.75, 3.05) is 36.7 Å². The Balaban J connectivity index is 2.21. The molecule has 2 aromatic rings. The molecular weight excluding hydrogens is 460 g/mol. The van der Waals surface area contributed by atoms with Gasteiger partial charge in [0.2, 0.25) is 5.88 Å². The van der Waals surface area contributed by atoms with E-state index >= 15 is 0 Å². The Morgan fingerprint density at radius 2 is 1.94 bits per heavy atom. The number of methoxy groups -OCH3 is 1. The summed E-state index contributed by atoms with van der Waals surface area (Å²) < 4.78 is 10.8. The third kappa shape index (κ3) is 8.45. The molecular formula is C23H32N4O4S2. The van der Waals surface area contributed by atoms with Gasteiger partial charge in [-0.05, 0) is 37.5 Å². The first-order chi connectivity index (χ1) is 15.9. The zero-order valence-corrected chi connectivity index (χ0v) is 20.8. The monoisotopic (exact) mass is 492 g/mol. The van der Waals surface area contributed by atoms with Crippen molar-refractivity contribution < 1.29 is 19.1 Å². The van der Waals surface area contributed by atoms with Gasteiger partial charge in [0.1, 0.15) is 6.04 Å². The molecule has 1 aromatic carbocycles. The number of thioether (sulfide) groups is 1. The molecule has 0 radical (unpaired) electrons. The number of hydrogen-bond acceptors (Lipinski definition) is 9. The Labute approximate surface area is 204 Å². The van der Waals surface area contributed by atoms with Gasteiger partial charge in [-0.25, -0.2) is 9.78 Å². The summed E-state index contributed by atoms with van der Waals surface area (Å²) in [5.74, 6) is 0.565.